The van der Waals surface area contributed by atoms with Crippen molar-refractivity contribution in [1.29, 1.82) is 0 Å². The molecule has 6 nitrogen and oxygen atoms in total. The Kier molecular flexibility index (Phi) is 8.85. The number of benzene rings is 3. The molecule has 42 heavy (non-hydrogen) atoms. The Balaban J connectivity index is 1.74. The summed E-state index contributed by atoms with van der Waals surface area (Å²) in [6.07, 6.45) is 0.918. The Morgan fingerprint density at radius 2 is 1.69 bits per heavy atom. The van der Waals surface area contributed by atoms with Crippen LogP contribution in [0.25, 0.3) is 20.7 Å². The van der Waals surface area contributed by atoms with Gasteiger partial charge in [0.05, 0.1) is 24.6 Å². The Labute approximate surface area is 248 Å². The lowest BCUT2D eigenvalue weighted by Crippen LogP contribution is -2.23. The number of pyridine rings is 1. The highest BCUT2D eigenvalue weighted by atomic mass is 32.1. The number of carbonyl (C=O) groups is 1. The topological polar surface area (TPSA) is 69.6 Å². The molecule has 5 aromatic rings. The van der Waals surface area contributed by atoms with E-state index in [2.05, 4.69) is 17.4 Å². The number of aromatic nitrogens is 1. The number of rotatable bonds is 10. The number of hydrogen-bond acceptors (Lipinski definition) is 6. The number of esters is 1. The molecule has 2 heterocycles. The highest BCUT2D eigenvalue weighted by Gasteiger charge is 2.26. The van der Waals surface area contributed by atoms with Crippen molar-refractivity contribution in [2.45, 2.75) is 46.0 Å². The van der Waals surface area contributed by atoms with Crippen LogP contribution in [0.2, 0.25) is 0 Å². The van der Waals surface area contributed by atoms with Crippen molar-refractivity contribution in [3.63, 3.8) is 0 Å². The Hall–Kier alpha value is -4.27. The molecule has 1 N–H and O–H groups in total. The average Bonchev–Trinajstić information content (AvgIpc) is 3.40. The minimum atomic E-state index is -0.781. The number of thiophene rings is 1. The number of hydrogen-bond donors (Lipinski definition) is 1. The van der Waals surface area contributed by atoms with Gasteiger partial charge >= 0.3 is 5.97 Å². The predicted octanol–water partition coefficient (Wildman–Crippen LogP) is 7.40. The van der Waals surface area contributed by atoms with E-state index in [1.807, 2.05) is 54.0 Å². The first-order chi connectivity index (χ1) is 20.3. The van der Waals surface area contributed by atoms with Gasteiger partial charge in [0, 0.05) is 41.7 Å². The van der Waals surface area contributed by atoms with Crippen molar-refractivity contribution < 1.29 is 18.7 Å². The van der Waals surface area contributed by atoms with E-state index in [1.54, 1.807) is 38.4 Å². The zero-order valence-electron chi connectivity index (χ0n) is 24.0. The lowest BCUT2D eigenvalue weighted by molar-refractivity contribution is -0.145. The van der Waals surface area contributed by atoms with Gasteiger partial charge in [0.15, 0.2) is 5.43 Å². The van der Waals surface area contributed by atoms with Gasteiger partial charge in [-0.3, -0.25) is 9.59 Å². The van der Waals surface area contributed by atoms with Crippen molar-refractivity contribution >= 4 is 27.5 Å². The van der Waals surface area contributed by atoms with Gasteiger partial charge in [-0.15, -0.1) is 11.3 Å². The fourth-order valence-electron chi connectivity index (χ4n) is 5.15. The number of nitrogens with one attached hydrogen (secondary N) is 1. The van der Waals surface area contributed by atoms with Crippen LogP contribution in [0.4, 0.5) is 4.39 Å². The fourth-order valence-corrected chi connectivity index (χ4v) is 6.53. The Morgan fingerprint density at radius 3 is 2.36 bits per heavy atom. The van der Waals surface area contributed by atoms with Crippen molar-refractivity contribution in [3.05, 3.63) is 123 Å². The summed E-state index contributed by atoms with van der Waals surface area (Å²) in [4.78, 5) is 27.8. The molecular formula is C34H33FN2O4S. The average molecular weight is 585 g/mol. The SMILES string of the molecule is COc1ccc(-c2sc3c(c2C(C)NCc2ccccc2)c(=O)c(C(C)OC(C)=O)cn3Cc2ccccc2F)cc1. The van der Waals surface area contributed by atoms with Crippen molar-refractivity contribution in [3.8, 4) is 16.2 Å². The molecule has 8 heteroatoms. The van der Waals surface area contributed by atoms with Gasteiger partial charge in [0.1, 0.15) is 22.5 Å². The third kappa shape index (κ3) is 6.15. The molecule has 0 amide bonds. The molecule has 0 aliphatic carbocycles. The zero-order chi connectivity index (χ0) is 29.8. The van der Waals surface area contributed by atoms with Crippen LogP contribution in [0.1, 0.15) is 55.2 Å². The molecule has 0 aliphatic heterocycles. The van der Waals surface area contributed by atoms with Crippen LogP contribution in [0.5, 0.6) is 5.75 Å². The molecule has 0 bridgehead atoms. The maximum Gasteiger partial charge on any atom is 0.303 e. The third-order valence-electron chi connectivity index (χ3n) is 7.29. The monoisotopic (exact) mass is 584 g/mol. The number of carbonyl (C=O) groups excluding carboxylic acids is 1. The lowest BCUT2D eigenvalue weighted by Gasteiger charge is -2.18. The molecule has 216 valence electrons. The minimum Gasteiger partial charge on any atom is -0.497 e. The van der Waals surface area contributed by atoms with Crippen LogP contribution in [-0.2, 0) is 22.6 Å². The summed E-state index contributed by atoms with van der Waals surface area (Å²) in [5, 5.41) is 4.14. The minimum absolute atomic E-state index is 0.205. The van der Waals surface area contributed by atoms with E-state index >= 15 is 0 Å². The first kappa shape index (κ1) is 29.2. The molecule has 0 aliphatic rings. The van der Waals surface area contributed by atoms with Crippen molar-refractivity contribution in [2.75, 3.05) is 7.11 Å². The maximum atomic E-state index is 14.8. The number of halogens is 1. The van der Waals surface area contributed by atoms with Crippen LogP contribution in [0, 0.1) is 5.82 Å². The standard InChI is InChI=1S/C34H33FN2O4S/c1-21(36-18-24-10-6-5-7-11-24)30-31-32(39)28(22(2)41-23(3)38)20-37(19-26-12-8-9-13-29(26)35)34(31)42-33(30)25-14-16-27(40-4)17-15-25/h5-17,20-22,36H,18-19H2,1-4H3. The summed E-state index contributed by atoms with van der Waals surface area (Å²) in [5.41, 5.74) is 3.53. The van der Waals surface area contributed by atoms with E-state index in [4.69, 9.17) is 9.47 Å². The molecule has 2 atom stereocenters. The number of fused-ring (bicyclic) bond motifs is 1. The van der Waals surface area contributed by atoms with Gasteiger partial charge in [0.2, 0.25) is 0 Å². The molecule has 0 radical (unpaired) electrons. The molecule has 0 fully saturated rings. The van der Waals surface area contributed by atoms with E-state index in [1.165, 1.54) is 24.3 Å². The zero-order valence-corrected chi connectivity index (χ0v) is 24.8. The lowest BCUT2D eigenvalue weighted by atomic mass is 9.98. The van der Waals surface area contributed by atoms with Gasteiger partial charge in [-0.2, -0.15) is 0 Å². The number of methoxy groups -OCH3 is 1. The fraction of sp³-hybridized carbons (Fsp3) is 0.235. The third-order valence-corrected chi connectivity index (χ3v) is 8.58. The van der Waals surface area contributed by atoms with E-state index < -0.39 is 12.1 Å². The van der Waals surface area contributed by atoms with Crippen LogP contribution in [0.3, 0.4) is 0 Å². The summed E-state index contributed by atoms with van der Waals surface area (Å²) >= 11 is 1.49. The quantitative estimate of drug-likeness (QED) is 0.173. The van der Waals surface area contributed by atoms with Gasteiger partial charge in [0.25, 0.3) is 0 Å². The smallest absolute Gasteiger partial charge is 0.303 e. The van der Waals surface area contributed by atoms with Gasteiger partial charge in [-0.25, -0.2) is 4.39 Å². The number of nitrogens with zero attached hydrogens (tertiary/aromatic N) is 1. The van der Waals surface area contributed by atoms with E-state index in [-0.39, 0.29) is 23.8 Å². The highest BCUT2D eigenvalue weighted by molar-refractivity contribution is 7.22. The van der Waals surface area contributed by atoms with Gasteiger partial charge in [-0.05, 0) is 55.3 Å². The Morgan fingerprint density at radius 1 is 1.00 bits per heavy atom. The number of ether oxygens (including phenoxy) is 2. The van der Waals surface area contributed by atoms with Gasteiger partial charge < -0.3 is 19.4 Å². The van der Waals surface area contributed by atoms with E-state index in [0.29, 0.717) is 23.1 Å². The van der Waals surface area contributed by atoms with E-state index in [9.17, 15) is 14.0 Å². The van der Waals surface area contributed by atoms with Crippen LogP contribution >= 0.6 is 11.3 Å². The largest absolute Gasteiger partial charge is 0.497 e. The molecule has 0 saturated heterocycles. The molecular weight excluding hydrogens is 551 g/mol. The van der Waals surface area contributed by atoms with Gasteiger partial charge in [-0.1, -0.05) is 48.5 Å². The molecule has 2 unspecified atom stereocenters. The van der Waals surface area contributed by atoms with Crippen molar-refractivity contribution in [2.24, 2.45) is 0 Å². The summed E-state index contributed by atoms with van der Waals surface area (Å²) in [5.74, 6) is -0.0812. The van der Waals surface area contributed by atoms with Crippen LogP contribution in [-0.4, -0.2) is 17.6 Å². The molecule has 3 aromatic carbocycles. The second-order valence-electron chi connectivity index (χ2n) is 10.2. The van der Waals surface area contributed by atoms with Crippen molar-refractivity contribution in [1.82, 2.24) is 9.88 Å². The van der Waals surface area contributed by atoms with Crippen LogP contribution < -0.4 is 15.5 Å². The molecule has 0 saturated carbocycles. The summed E-state index contributed by atoms with van der Waals surface area (Å²) < 4.78 is 27.6. The molecule has 5 rings (SSSR count). The summed E-state index contributed by atoms with van der Waals surface area (Å²) in [7, 11) is 1.62. The maximum absolute atomic E-state index is 14.8. The second-order valence-corrected chi connectivity index (χ2v) is 11.2. The normalized spacial score (nSPS) is 12.7. The molecule has 0 spiro atoms. The van der Waals surface area contributed by atoms with E-state index in [0.717, 1.165) is 32.1 Å². The highest BCUT2D eigenvalue weighted by Crippen LogP contribution is 2.42. The Bertz CT molecular complexity index is 1760. The first-order valence-corrected chi connectivity index (χ1v) is 14.6. The summed E-state index contributed by atoms with van der Waals surface area (Å²) in [6.45, 7) is 5.86. The second kappa shape index (κ2) is 12.7. The predicted molar refractivity (Wildman–Crippen MR) is 165 cm³/mol. The van der Waals surface area contributed by atoms with Crippen LogP contribution in [0.15, 0.2) is 89.9 Å². The first-order valence-electron chi connectivity index (χ1n) is 13.8. The summed E-state index contributed by atoms with van der Waals surface area (Å²) in [6, 6.07) is 24.2. The molecule has 2 aromatic heterocycles.